The zero-order chi connectivity index (χ0) is 15.8. The average molecular weight is 346 g/mol. The van der Waals surface area contributed by atoms with Crippen molar-refractivity contribution in [3.63, 3.8) is 0 Å². The van der Waals surface area contributed by atoms with E-state index in [4.69, 9.17) is 4.42 Å². The molecule has 0 spiro atoms. The molecule has 4 heterocycles. The maximum Gasteiger partial charge on any atom is 0.274 e. The molecule has 0 radical (unpaired) electrons. The second-order valence-electron chi connectivity index (χ2n) is 5.37. The monoisotopic (exact) mass is 346 g/mol. The summed E-state index contributed by atoms with van der Waals surface area (Å²) >= 11 is 3.11. The summed E-state index contributed by atoms with van der Waals surface area (Å²) in [6.45, 7) is 2.45. The second-order valence-corrected chi connectivity index (χ2v) is 7.00. The van der Waals surface area contributed by atoms with Crippen LogP contribution in [0.25, 0.3) is 10.6 Å². The number of aryl methyl sites for hydroxylation is 1. The molecule has 6 nitrogen and oxygen atoms in total. The molecule has 0 N–H and O–H groups in total. The minimum atomic E-state index is -0.144. The lowest BCUT2D eigenvalue weighted by atomic mass is 10.2. The standard InChI is InChI=1S/C15H14N4O2S2/c1-9-17-18-13(21-9)12-3-2-5-19(12)15(20)11-8-23-14(16-11)10-4-6-22-7-10/h4,6-8,12H,2-3,5H2,1H3/t12-/m0/s1. The van der Waals surface area contributed by atoms with Crippen LogP contribution in [0.3, 0.4) is 0 Å². The maximum atomic E-state index is 12.8. The zero-order valence-electron chi connectivity index (χ0n) is 12.4. The molecule has 1 fully saturated rings. The number of amides is 1. The van der Waals surface area contributed by atoms with Crippen molar-refractivity contribution in [3.05, 3.63) is 39.7 Å². The summed E-state index contributed by atoms with van der Waals surface area (Å²) in [5.74, 6) is 0.968. The first-order valence-electron chi connectivity index (χ1n) is 7.31. The molecular weight excluding hydrogens is 332 g/mol. The molecule has 1 atom stereocenters. The molecule has 3 aromatic heterocycles. The highest BCUT2D eigenvalue weighted by atomic mass is 32.1. The quantitative estimate of drug-likeness (QED) is 0.725. The molecule has 0 saturated carbocycles. The Morgan fingerprint density at radius 3 is 3.04 bits per heavy atom. The molecule has 118 valence electrons. The number of rotatable bonds is 3. The maximum absolute atomic E-state index is 12.8. The predicted molar refractivity (Wildman–Crippen MR) is 87.5 cm³/mol. The average Bonchev–Trinajstić information content (AvgIpc) is 3.31. The van der Waals surface area contributed by atoms with Crippen LogP contribution in [0.4, 0.5) is 0 Å². The third kappa shape index (κ3) is 2.68. The molecule has 1 aliphatic rings. The van der Waals surface area contributed by atoms with Gasteiger partial charge in [-0.2, -0.15) is 11.3 Å². The Labute approximate surface area is 140 Å². The third-order valence-electron chi connectivity index (χ3n) is 3.83. The molecule has 0 unspecified atom stereocenters. The van der Waals surface area contributed by atoms with E-state index in [9.17, 15) is 4.79 Å². The van der Waals surface area contributed by atoms with Crippen molar-refractivity contribution in [1.29, 1.82) is 0 Å². The van der Waals surface area contributed by atoms with Gasteiger partial charge in [-0.1, -0.05) is 0 Å². The van der Waals surface area contributed by atoms with Gasteiger partial charge in [-0.05, 0) is 24.3 Å². The highest BCUT2D eigenvalue weighted by molar-refractivity contribution is 7.14. The first-order valence-corrected chi connectivity index (χ1v) is 9.13. The zero-order valence-corrected chi connectivity index (χ0v) is 14.1. The van der Waals surface area contributed by atoms with Gasteiger partial charge in [0.1, 0.15) is 16.7 Å². The fourth-order valence-electron chi connectivity index (χ4n) is 2.75. The highest BCUT2D eigenvalue weighted by Gasteiger charge is 2.35. The number of carbonyl (C=O) groups is 1. The number of thiophene rings is 1. The Morgan fingerprint density at radius 2 is 2.30 bits per heavy atom. The molecule has 1 amide bonds. The lowest BCUT2D eigenvalue weighted by molar-refractivity contribution is 0.0709. The van der Waals surface area contributed by atoms with E-state index in [-0.39, 0.29) is 11.9 Å². The summed E-state index contributed by atoms with van der Waals surface area (Å²) in [6.07, 6.45) is 1.77. The summed E-state index contributed by atoms with van der Waals surface area (Å²) in [6, 6.07) is 1.87. The minimum Gasteiger partial charge on any atom is -0.423 e. The van der Waals surface area contributed by atoms with E-state index in [1.807, 2.05) is 22.2 Å². The largest absolute Gasteiger partial charge is 0.423 e. The Bertz CT molecular complexity index is 824. The lowest BCUT2D eigenvalue weighted by Gasteiger charge is -2.20. The minimum absolute atomic E-state index is 0.0684. The number of carbonyl (C=O) groups excluding carboxylic acids is 1. The van der Waals surface area contributed by atoms with Gasteiger partial charge in [-0.25, -0.2) is 4.98 Å². The SMILES string of the molecule is Cc1nnc([C@@H]2CCCN2C(=O)c2csc(-c3ccsc3)n2)o1. The van der Waals surface area contributed by atoms with Crippen LogP contribution in [0.5, 0.6) is 0 Å². The predicted octanol–water partition coefficient (Wildman–Crippen LogP) is 3.54. The van der Waals surface area contributed by atoms with Crippen LogP contribution in [0, 0.1) is 6.92 Å². The van der Waals surface area contributed by atoms with E-state index < -0.39 is 0 Å². The van der Waals surface area contributed by atoms with Gasteiger partial charge in [0.15, 0.2) is 0 Å². The van der Waals surface area contributed by atoms with Crippen molar-refractivity contribution in [2.45, 2.75) is 25.8 Å². The van der Waals surface area contributed by atoms with Gasteiger partial charge in [0.25, 0.3) is 5.91 Å². The van der Waals surface area contributed by atoms with Gasteiger partial charge < -0.3 is 9.32 Å². The van der Waals surface area contributed by atoms with Crippen LogP contribution in [0.2, 0.25) is 0 Å². The number of likely N-dealkylation sites (tertiary alicyclic amines) is 1. The van der Waals surface area contributed by atoms with Crippen LogP contribution in [0.1, 0.15) is 41.2 Å². The van der Waals surface area contributed by atoms with E-state index in [1.54, 1.807) is 23.2 Å². The molecule has 1 saturated heterocycles. The Kier molecular flexibility index (Phi) is 3.70. The Morgan fingerprint density at radius 1 is 1.39 bits per heavy atom. The highest BCUT2D eigenvalue weighted by Crippen LogP contribution is 2.33. The first kappa shape index (κ1) is 14.5. The molecule has 3 aromatic rings. The number of hydrogen-bond donors (Lipinski definition) is 0. The molecule has 4 rings (SSSR count). The summed E-state index contributed by atoms with van der Waals surface area (Å²) in [5, 5.41) is 14.7. The van der Waals surface area contributed by atoms with Crippen molar-refractivity contribution in [3.8, 4) is 10.6 Å². The summed E-state index contributed by atoms with van der Waals surface area (Å²) in [7, 11) is 0. The number of aromatic nitrogens is 3. The van der Waals surface area contributed by atoms with Crippen LogP contribution in [0.15, 0.2) is 26.6 Å². The molecule has 0 aromatic carbocycles. The van der Waals surface area contributed by atoms with Crippen molar-refractivity contribution < 1.29 is 9.21 Å². The molecule has 8 heteroatoms. The first-order chi connectivity index (χ1) is 11.2. The van der Waals surface area contributed by atoms with Gasteiger partial charge in [-0.15, -0.1) is 21.5 Å². The fourth-order valence-corrected chi connectivity index (χ4v) is 4.26. The van der Waals surface area contributed by atoms with Crippen LogP contribution < -0.4 is 0 Å². The van der Waals surface area contributed by atoms with Crippen LogP contribution >= 0.6 is 22.7 Å². The van der Waals surface area contributed by atoms with E-state index in [0.717, 1.165) is 23.4 Å². The Balaban J connectivity index is 1.58. The van der Waals surface area contributed by atoms with E-state index in [0.29, 0.717) is 24.0 Å². The second kappa shape index (κ2) is 5.86. The van der Waals surface area contributed by atoms with Gasteiger partial charge in [0, 0.05) is 29.8 Å². The smallest absolute Gasteiger partial charge is 0.274 e. The van der Waals surface area contributed by atoms with Gasteiger partial charge >= 0.3 is 0 Å². The summed E-state index contributed by atoms with van der Waals surface area (Å²) in [4.78, 5) is 19.1. The van der Waals surface area contributed by atoms with Gasteiger partial charge in [0.2, 0.25) is 11.8 Å². The molecule has 0 aliphatic carbocycles. The topological polar surface area (TPSA) is 72.1 Å². The molecule has 23 heavy (non-hydrogen) atoms. The van der Waals surface area contributed by atoms with Gasteiger partial charge in [0.05, 0.1) is 0 Å². The van der Waals surface area contributed by atoms with Crippen LogP contribution in [-0.2, 0) is 0 Å². The Hall–Kier alpha value is -2.06. The normalized spacial score (nSPS) is 17.8. The number of thiazole rings is 1. The van der Waals surface area contributed by atoms with Gasteiger partial charge in [-0.3, -0.25) is 4.79 Å². The molecular formula is C15H14N4O2S2. The van der Waals surface area contributed by atoms with Crippen LogP contribution in [-0.4, -0.2) is 32.5 Å². The lowest BCUT2D eigenvalue weighted by Crippen LogP contribution is -2.31. The van der Waals surface area contributed by atoms with Crippen molar-refractivity contribution in [2.75, 3.05) is 6.54 Å². The number of hydrogen-bond acceptors (Lipinski definition) is 7. The van der Waals surface area contributed by atoms with Crippen molar-refractivity contribution in [1.82, 2.24) is 20.1 Å². The van der Waals surface area contributed by atoms with E-state index >= 15 is 0 Å². The van der Waals surface area contributed by atoms with E-state index in [1.165, 1.54) is 11.3 Å². The molecule has 1 aliphatic heterocycles. The summed E-state index contributed by atoms with van der Waals surface area (Å²) in [5.41, 5.74) is 1.55. The fraction of sp³-hybridized carbons (Fsp3) is 0.333. The number of nitrogens with zero attached hydrogens (tertiary/aromatic N) is 4. The third-order valence-corrected chi connectivity index (χ3v) is 5.41. The van der Waals surface area contributed by atoms with Crippen molar-refractivity contribution in [2.24, 2.45) is 0 Å². The molecule has 0 bridgehead atoms. The summed E-state index contributed by atoms with van der Waals surface area (Å²) < 4.78 is 5.52. The van der Waals surface area contributed by atoms with E-state index in [2.05, 4.69) is 15.2 Å². The van der Waals surface area contributed by atoms with Crippen molar-refractivity contribution >= 4 is 28.6 Å².